The van der Waals surface area contributed by atoms with Crippen LogP contribution in [0.5, 0.6) is 5.75 Å². The van der Waals surface area contributed by atoms with Crippen molar-refractivity contribution in [2.75, 3.05) is 6.26 Å². The van der Waals surface area contributed by atoms with Gasteiger partial charge in [-0.2, -0.15) is 0 Å². The first kappa shape index (κ1) is 20.9. The summed E-state index contributed by atoms with van der Waals surface area (Å²) in [6.45, 7) is 3.76. The maximum absolute atomic E-state index is 12.8. The Morgan fingerprint density at radius 2 is 1.66 bits per heavy atom. The molecule has 0 fully saturated rings. The normalized spacial score (nSPS) is 13.6. The predicted molar refractivity (Wildman–Crippen MR) is 115 cm³/mol. The van der Waals surface area contributed by atoms with Crippen LogP contribution >= 0.6 is 0 Å². The summed E-state index contributed by atoms with van der Waals surface area (Å²) in [6, 6.07) is 19.9. The molecule has 0 aliphatic carbocycles. The Kier molecular flexibility index (Phi) is 6.23. The lowest BCUT2D eigenvalue weighted by Crippen LogP contribution is -2.39. The van der Waals surface area contributed by atoms with E-state index >= 15 is 0 Å². The van der Waals surface area contributed by atoms with Crippen molar-refractivity contribution < 1.29 is 17.9 Å². The fourth-order valence-electron chi connectivity index (χ4n) is 3.17. The second-order valence-corrected chi connectivity index (χ2v) is 9.08. The molecule has 0 spiro atoms. The third-order valence-corrected chi connectivity index (χ3v) is 5.98. The van der Waals surface area contributed by atoms with Gasteiger partial charge in [0.25, 0.3) is 5.91 Å². The predicted octanol–water partition coefficient (Wildman–Crippen LogP) is 4.28. The number of benzene rings is 3. The summed E-state index contributed by atoms with van der Waals surface area (Å²) in [7, 11) is -3.25. The van der Waals surface area contributed by atoms with Gasteiger partial charge in [0.15, 0.2) is 15.9 Å². The average molecular weight is 412 g/mol. The Bertz CT molecular complexity index is 1100. The molecule has 5 nitrogen and oxygen atoms in total. The largest absolute Gasteiger partial charge is 0.480 e. The highest BCUT2D eigenvalue weighted by molar-refractivity contribution is 7.90. The van der Waals surface area contributed by atoms with Crippen molar-refractivity contribution in [2.45, 2.75) is 37.3 Å². The van der Waals surface area contributed by atoms with Crippen LogP contribution in [-0.4, -0.2) is 26.7 Å². The van der Waals surface area contributed by atoms with Gasteiger partial charge in [0, 0.05) is 11.6 Å². The molecule has 3 rings (SSSR count). The van der Waals surface area contributed by atoms with Gasteiger partial charge < -0.3 is 10.1 Å². The van der Waals surface area contributed by atoms with Crippen molar-refractivity contribution in [3.63, 3.8) is 0 Å². The standard InChI is InChI=1S/C23H25NO4S/c1-4-21(28-22-11-7-9-18-8-5-6-10-20(18)22)23(25)24-16(2)17-12-14-19(15-13-17)29(3,26)27/h5-16,21H,4H2,1-3H3,(H,24,25). The molecule has 2 atom stereocenters. The van der Waals surface area contributed by atoms with Crippen LogP contribution in [0.1, 0.15) is 31.9 Å². The number of nitrogens with one attached hydrogen (secondary N) is 1. The van der Waals surface area contributed by atoms with Crippen molar-refractivity contribution in [3.05, 3.63) is 72.3 Å². The number of hydrogen-bond acceptors (Lipinski definition) is 4. The number of ether oxygens (including phenoxy) is 1. The molecule has 2 unspecified atom stereocenters. The van der Waals surface area contributed by atoms with Crippen LogP contribution in [0, 0.1) is 0 Å². The monoisotopic (exact) mass is 411 g/mol. The molecule has 6 heteroatoms. The molecule has 0 saturated heterocycles. The van der Waals surface area contributed by atoms with Crippen molar-refractivity contribution in [3.8, 4) is 5.75 Å². The van der Waals surface area contributed by atoms with Gasteiger partial charge in [-0.3, -0.25) is 4.79 Å². The molecule has 0 aliphatic heterocycles. The Labute approximate surface area is 171 Å². The van der Waals surface area contributed by atoms with E-state index in [0.717, 1.165) is 16.3 Å². The highest BCUT2D eigenvalue weighted by Crippen LogP contribution is 2.27. The van der Waals surface area contributed by atoms with Crippen LogP contribution < -0.4 is 10.1 Å². The number of hydrogen-bond donors (Lipinski definition) is 1. The first-order chi connectivity index (χ1) is 13.8. The van der Waals surface area contributed by atoms with E-state index < -0.39 is 15.9 Å². The summed E-state index contributed by atoms with van der Waals surface area (Å²) in [5, 5.41) is 4.98. The molecule has 0 saturated carbocycles. The smallest absolute Gasteiger partial charge is 0.261 e. The summed E-state index contributed by atoms with van der Waals surface area (Å²) < 4.78 is 29.2. The summed E-state index contributed by atoms with van der Waals surface area (Å²) in [5.74, 6) is 0.468. The number of rotatable bonds is 7. The van der Waals surface area contributed by atoms with Crippen LogP contribution in [0.15, 0.2) is 71.6 Å². The van der Waals surface area contributed by atoms with Gasteiger partial charge in [0.2, 0.25) is 0 Å². The molecule has 0 heterocycles. The highest BCUT2D eigenvalue weighted by Gasteiger charge is 2.21. The Morgan fingerprint density at radius 1 is 1.00 bits per heavy atom. The first-order valence-electron chi connectivity index (χ1n) is 9.54. The molecule has 3 aromatic carbocycles. The van der Waals surface area contributed by atoms with E-state index in [1.165, 1.54) is 6.26 Å². The number of sulfone groups is 1. The molecular weight excluding hydrogens is 386 g/mol. The molecular formula is C23H25NO4S. The summed E-state index contributed by atoms with van der Waals surface area (Å²) in [6.07, 6.45) is 1.07. The van der Waals surface area contributed by atoms with E-state index in [1.54, 1.807) is 24.3 Å². The van der Waals surface area contributed by atoms with E-state index in [2.05, 4.69) is 5.32 Å². The Balaban J connectivity index is 1.72. The highest BCUT2D eigenvalue weighted by atomic mass is 32.2. The maximum atomic E-state index is 12.8. The van der Waals surface area contributed by atoms with Crippen molar-refractivity contribution in [1.82, 2.24) is 5.32 Å². The molecule has 0 radical (unpaired) electrons. The molecule has 0 aromatic heterocycles. The Hall–Kier alpha value is -2.86. The first-order valence-corrected chi connectivity index (χ1v) is 11.4. The molecule has 1 amide bonds. The Morgan fingerprint density at radius 3 is 2.31 bits per heavy atom. The zero-order valence-electron chi connectivity index (χ0n) is 16.8. The molecule has 0 aliphatic rings. The fraction of sp³-hybridized carbons (Fsp3) is 0.261. The number of amides is 1. The third-order valence-electron chi connectivity index (χ3n) is 4.85. The van der Waals surface area contributed by atoms with Gasteiger partial charge in [-0.15, -0.1) is 0 Å². The summed E-state index contributed by atoms with van der Waals surface area (Å²) >= 11 is 0. The lowest BCUT2D eigenvalue weighted by molar-refractivity contribution is -0.128. The number of carbonyl (C=O) groups is 1. The molecule has 29 heavy (non-hydrogen) atoms. The van der Waals surface area contributed by atoms with Gasteiger partial charge in [0.1, 0.15) is 5.75 Å². The van der Waals surface area contributed by atoms with E-state index in [4.69, 9.17) is 4.74 Å². The molecule has 0 bridgehead atoms. The molecule has 152 valence electrons. The van der Waals surface area contributed by atoms with Gasteiger partial charge in [-0.1, -0.05) is 55.5 Å². The maximum Gasteiger partial charge on any atom is 0.261 e. The minimum absolute atomic E-state index is 0.208. The van der Waals surface area contributed by atoms with Gasteiger partial charge in [-0.05, 0) is 42.5 Å². The SMILES string of the molecule is CCC(Oc1cccc2ccccc12)C(=O)NC(C)c1ccc(S(C)(=O)=O)cc1. The van der Waals surface area contributed by atoms with E-state index in [0.29, 0.717) is 12.2 Å². The van der Waals surface area contributed by atoms with E-state index in [-0.39, 0.29) is 16.8 Å². The lowest BCUT2D eigenvalue weighted by atomic mass is 10.1. The minimum Gasteiger partial charge on any atom is -0.480 e. The third kappa shape index (κ3) is 4.95. The van der Waals surface area contributed by atoms with Crippen molar-refractivity contribution in [1.29, 1.82) is 0 Å². The second-order valence-electron chi connectivity index (χ2n) is 7.06. The van der Waals surface area contributed by atoms with Crippen LogP contribution in [0.2, 0.25) is 0 Å². The molecule has 1 N–H and O–H groups in total. The topological polar surface area (TPSA) is 72.5 Å². The van der Waals surface area contributed by atoms with Crippen LogP contribution in [0.4, 0.5) is 0 Å². The van der Waals surface area contributed by atoms with E-state index in [9.17, 15) is 13.2 Å². The van der Waals surface area contributed by atoms with Crippen molar-refractivity contribution >= 4 is 26.5 Å². The zero-order chi connectivity index (χ0) is 21.0. The number of fused-ring (bicyclic) bond motifs is 1. The summed E-state index contributed by atoms with van der Waals surface area (Å²) in [4.78, 5) is 13.0. The van der Waals surface area contributed by atoms with Crippen molar-refractivity contribution in [2.24, 2.45) is 0 Å². The zero-order valence-corrected chi connectivity index (χ0v) is 17.6. The summed E-state index contributed by atoms with van der Waals surface area (Å²) in [5.41, 5.74) is 0.825. The average Bonchev–Trinajstić information content (AvgIpc) is 2.71. The fourth-order valence-corrected chi connectivity index (χ4v) is 3.80. The number of carbonyl (C=O) groups excluding carboxylic acids is 1. The second kappa shape index (κ2) is 8.66. The van der Waals surface area contributed by atoms with E-state index in [1.807, 2.05) is 56.3 Å². The lowest BCUT2D eigenvalue weighted by Gasteiger charge is -2.21. The van der Waals surface area contributed by atoms with Crippen LogP contribution in [0.3, 0.4) is 0 Å². The van der Waals surface area contributed by atoms with Gasteiger partial charge in [-0.25, -0.2) is 8.42 Å². The quantitative estimate of drug-likeness (QED) is 0.630. The van der Waals surface area contributed by atoms with Gasteiger partial charge >= 0.3 is 0 Å². The molecule has 3 aromatic rings. The van der Waals surface area contributed by atoms with Gasteiger partial charge in [0.05, 0.1) is 10.9 Å². The van der Waals surface area contributed by atoms with Crippen LogP contribution in [0.25, 0.3) is 10.8 Å². The van der Waals surface area contributed by atoms with Crippen LogP contribution in [-0.2, 0) is 14.6 Å². The minimum atomic E-state index is -3.25.